The molecular formula is C22H25NO4. The summed E-state index contributed by atoms with van der Waals surface area (Å²) in [7, 11) is 1.58. The van der Waals surface area contributed by atoms with Gasteiger partial charge in [-0.15, -0.1) is 0 Å². The van der Waals surface area contributed by atoms with Gasteiger partial charge < -0.3 is 19.5 Å². The van der Waals surface area contributed by atoms with Crippen molar-refractivity contribution in [1.82, 2.24) is 5.32 Å². The fraction of sp³-hybridized carbons (Fsp3) is 0.409. The minimum Gasteiger partial charge on any atom is -0.496 e. The number of hydrogen-bond acceptors (Lipinski definition) is 4. The molecule has 2 aromatic carbocycles. The van der Waals surface area contributed by atoms with Gasteiger partial charge in [-0.3, -0.25) is 4.79 Å². The van der Waals surface area contributed by atoms with Crippen molar-refractivity contribution in [3.63, 3.8) is 0 Å². The number of methoxy groups -OCH3 is 1. The molecule has 0 saturated heterocycles. The van der Waals surface area contributed by atoms with Crippen molar-refractivity contribution < 1.29 is 19.0 Å². The fourth-order valence-corrected chi connectivity index (χ4v) is 3.73. The maximum absolute atomic E-state index is 12.5. The number of ether oxygens (including phenoxy) is 3. The monoisotopic (exact) mass is 367 g/mol. The molecule has 1 unspecified atom stereocenters. The molecule has 1 amide bonds. The van der Waals surface area contributed by atoms with E-state index >= 15 is 0 Å². The summed E-state index contributed by atoms with van der Waals surface area (Å²) in [6.45, 7) is 1.83. The standard InChI is InChI=1S/C22H25NO4/c1-25-19-5-3-2-4-18(19)22(24)23-11-10-17(15-6-7-15)16-8-9-20-21(14-16)27-13-12-26-20/h2-5,8-9,14-15,17H,6-7,10-13H2,1H3,(H,23,24). The molecule has 0 radical (unpaired) electrons. The molecule has 142 valence electrons. The lowest BCUT2D eigenvalue weighted by Crippen LogP contribution is -2.26. The number of fused-ring (bicyclic) bond motifs is 1. The van der Waals surface area contributed by atoms with E-state index in [1.54, 1.807) is 19.2 Å². The van der Waals surface area contributed by atoms with Crippen LogP contribution in [0, 0.1) is 5.92 Å². The Kier molecular flexibility index (Phi) is 5.19. The SMILES string of the molecule is COc1ccccc1C(=O)NCCC(c1ccc2c(c1)OCCO2)C1CC1. The lowest BCUT2D eigenvalue weighted by atomic mass is 9.90. The van der Waals surface area contributed by atoms with Crippen LogP contribution < -0.4 is 19.5 Å². The van der Waals surface area contributed by atoms with Crippen molar-refractivity contribution in [2.24, 2.45) is 5.92 Å². The molecule has 1 N–H and O–H groups in total. The second-order valence-corrected chi connectivity index (χ2v) is 7.09. The van der Waals surface area contributed by atoms with Crippen molar-refractivity contribution in [2.75, 3.05) is 26.9 Å². The Morgan fingerprint density at radius 3 is 2.70 bits per heavy atom. The highest BCUT2D eigenvalue weighted by atomic mass is 16.6. The highest BCUT2D eigenvalue weighted by Crippen LogP contribution is 2.46. The Morgan fingerprint density at radius 1 is 1.15 bits per heavy atom. The molecule has 1 aliphatic heterocycles. The zero-order valence-corrected chi connectivity index (χ0v) is 15.6. The van der Waals surface area contributed by atoms with Gasteiger partial charge in [-0.05, 0) is 60.9 Å². The Balaban J connectivity index is 1.40. The molecule has 4 rings (SSSR count). The zero-order valence-electron chi connectivity index (χ0n) is 15.6. The molecule has 1 atom stereocenters. The first-order valence-corrected chi connectivity index (χ1v) is 9.57. The van der Waals surface area contributed by atoms with Gasteiger partial charge in [-0.2, -0.15) is 0 Å². The summed E-state index contributed by atoms with van der Waals surface area (Å²) in [4.78, 5) is 12.5. The molecule has 1 saturated carbocycles. The summed E-state index contributed by atoms with van der Waals surface area (Å²) >= 11 is 0. The molecule has 0 spiro atoms. The van der Waals surface area contributed by atoms with E-state index in [1.807, 2.05) is 18.2 Å². The average molecular weight is 367 g/mol. The quantitative estimate of drug-likeness (QED) is 0.809. The topological polar surface area (TPSA) is 56.8 Å². The van der Waals surface area contributed by atoms with Crippen molar-refractivity contribution in [3.05, 3.63) is 53.6 Å². The Hall–Kier alpha value is -2.69. The number of rotatable bonds is 7. The van der Waals surface area contributed by atoms with Crippen LogP contribution in [-0.4, -0.2) is 32.8 Å². The third-order valence-corrected chi connectivity index (χ3v) is 5.28. The molecule has 0 bridgehead atoms. The zero-order chi connectivity index (χ0) is 18.6. The third kappa shape index (κ3) is 4.02. The lowest BCUT2D eigenvalue weighted by molar-refractivity contribution is 0.0949. The van der Waals surface area contributed by atoms with E-state index < -0.39 is 0 Å². The van der Waals surface area contributed by atoms with Gasteiger partial charge in [0.15, 0.2) is 11.5 Å². The normalized spacial score (nSPS) is 16.5. The highest BCUT2D eigenvalue weighted by Gasteiger charge is 2.32. The van der Waals surface area contributed by atoms with Crippen molar-refractivity contribution in [3.8, 4) is 17.2 Å². The Morgan fingerprint density at radius 2 is 1.93 bits per heavy atom. The predicted octanol–water partition coefficient (Wildman–Crippen LogP) is 3.78. The minimum absolute atomic E-state index is 0.0934. The number of carbonyl (C=O) groups is 1. The summed E-state index contributed by atoms with van der Waals surface area (Å²) in [5.41, 5.74) is 1.84. The molecule has 2 aliphatic rings. The maximum Gasteiger partial charge on any atom is 0.255 e. The molecule has 1 heterocycles. The largest absolute Gasteiger partial charge is 0.496 e. The van der Waals surface area contributed by atoms with Crippen LogP contribution in [0.4, 0.5) is 0 Å². The number of carbonyl (C=O) groups excluding carboxylic acids is 1. The summed E-state index contributed by atoms with van der Waals surface area (Å²) in [6.07, 6.45) is 3.41. The van der Waals surface area contributed by atoms with Gasteiger partial charge in [0, 0.05) is 6.54 Å². The van der Waals surface area contributed by atoms with Gasteiger partial charge >= 0.3 is 0 Å². The molecule has 1 aliphatic carbocycles. The second-order valence-electron chi connectivity index (χ2n) is 7.09. The summed E-state index contributed by atoms with van der Waals surface area (Å²) in [5, 5.41) is 3.04. The van der Waals surface area contributed by atoms with E-state index in [1.165, 1.54) is 18.4 Å². The van der Waals surface area contributed by atoms with E-state index in [2.05, 4.69) is 17.4 Å². The van der Waals surface area contributed by atoms with E-state index in [4.69, 9.17) is 14.2 Å². The van der Waals surface area contributed by atoms with Crippen LogP contribution in [0.5, 0.6) is 17.2 Å². The molecule has 27 heavy (non-hydrogen) atoms. The van der Waals surface area contributed by atoms with Gasteiger partial charge in [-0.1, -0.05) is 18.2 Å². The third-order valence-electron chi connectivity index (χ3n) is 5.28. The van der Waals surface area contributed by atoms with E-state index in [-0.39, 0.29) is 5.91 Å². The number of nitrogens with one attached hydrogen (secondary N) is 1. The summed E-state index contributed by atoms with van der Waals surface area (Å²) < 4.78 is 16.6. The highest BCUT2D eigenvalue weighted by molar-refractivity contribution is 5.96. The molecule has 5 nitrogen and oxygen atoms in total. The number of para-hydroxylation sites is 1. The first kappa shape index (κ1) is 17.7. The van der Waals surface area contributed by atoms with Crippen LogP contribution in [0.15, 0.2) is 42.5 Å². The summed E-state index contributed by atoms with van der Waals surface area (Å²) in [6, 6.07) is 13.6. The number of hydrogen-bond donors (Lipinski definition) is 1. The van der Waals surface area contributed by atoms with E-state index in [9.17, 15) is 4.79 Å². The smallest absolute Gasteiger partial charge is 0.255 e. The number of benzene rings is 2. The predicted molar refractivity (Wildman–Crippen MR) is 103 cm³/mol. The molecular weight excluding hydrogens is 342 g/mol. The van der Waals surface area contributed by atoms with E-state index in [0.717, 1.165) is 17.9 Å². The van der Waals surface area contributed by atoms with Crippen LogP contribution in [0.2, 0.25) is 0 Å². The van der Waals surface area contributed by atoms with Crippen LogP contribution in [0.1, 0.15) is 41.1 Å². The fourth-order valence-electron chi connectivity index (χ4n) is 3.73. The summed E-state index contributed by atoms with van der Waals surface area (Å²) in [5.74, 6) is 3.28. The second kappa shape index (κ2) is 7.91. The van der Waals surface area contributed by atoms with Gasteiger partial charge in [0.1, 0.15) is 19.0 Å². The first-order chi connectivity index (χ1) is 13.3. The average Bonchev–Trinajstić information content (AvgIpc) is 3.56. The Bertz CT molecular complexity index is 816. The minimum atomic E-state index is -0.0934. The molecule has 5 heteroatoms. The molecule has 0 aromatic heterocycles. The molecule has 2 aromatic rings. The maximum atomic E-state index is 12.5. The van der Waals surface area contributed by atoms with Gasteiger partial charge in [0.05, 0.1) is 12.7 Å². The van der Waals surface area contributed by atoms with Crippen LogP contribution >= 0.6 is 0 Å². The van der Waals surface area contributed by atoms with Crippen molar-refractivity contribution >= 4 is 5.91 Å². The van der Waals surface area contributed by atoms with Gasteiger partial charge in [0.25, 0.3) is 5.91 Å². The van der Waals surface area contributed by atoms with Crippen molar-refractivity contribution in [2.45, 2.75) is 25.2 Å². The Labute approximate surface area is 159 Å². The van der Waals surface area contributed by atoms with Crippen LogP contribution in [0.25, 0.3) is 0 Å². The number of amides is 1. The van der Waals surface area contributed by atoms with Crippen LogP contribution in [-0.2, 0) is 0 Å². The van der Waals surface area contributed by atoms with Crippen LogP contribution in [0.3, 0.4) is 0 Å². The van der Waals surface area contributed by atoms with E-state index in [0.29, 0.717) is 42.9 Å². The first-order valence-electron chi connectivity index (χ1n) is 9.57. The van der Waals surface area contributed by atoms with Crippen molar-refractivity contribution in [1.29, 1.82) is 0 Å². The van der Waals surface area contributed by atoms with Gasteiger partial charge in [-0.25, -0.2) is 0 Å². The molecule has 1 fully saturated rings. The van der Waals surface area contributed by atoms with Gasteiger partial charge in [0.2, 0.25) is 0 Å². The lowest BCUT2D eigenvalue weighted by Gasteiger charge is -2.22.